The molecular formula is C19H24. The van der Waals surface area contributed by atoms with Crippen molar-refractivity contribution in [1.29, 1.82) is 0 Å². The van der Waals surface area contributed by atoms with Crippen LogP contribution in [-0.2, 0) is 0 Å². The Balaban J connectivity index is 1.42. The summed E-state index contributed by atoms with van der Waals surface area (Å²) in [5.74, 6) is 0. The van der Waals surface area contributed by atoms with Gasteiger partial charge in [0.1, 0.15) is 0 Å². The number of allylic oxidation sites excluding steroid dienone is 8. The summed E-state index contributed by atoms with van der Waals surface area (Å²) in [6, 6.07) is 0. The lowest BCUT2D eigenvalue weighted by atomic mass is 9.92. The first-order valence-electron chi connectivity index (χ1n) is 8.19. The molecule has 0 nitrogen and oxygen atoms in total. The molecule has 0 bridgehead atoms. The van der Waals surface area contributed by atoms with Crippen LogP contribution in [0.1, 0.15) is 70.6 Å². The SMILES string of the molecule is C1=C(CC2=CC3=C(CCCC3)C2)CC2=C1CCCC2. The molecule has 0 spiro atoms. The highest BCUT2D eigenvalue weighted by Crippen LogP contribution is 2.42. The van der Waals surface area contributed by atoms with Gasteiger partial charge < -0.3 is 0 Å². The summed E-state index contributed by atoms with van der Waals surface area (Å²) in [7, 11) is 0. The Bertz CT molecular complexity index is 474. The van der Waals surface area contributed by atoms with E-state index >= 15 is 0 Å². The zero-order valence-corrected chi connectivity index (χ0v) is 11.9. The minimum Gasteiger partial charge on any atom is -0.0629 e. The molecule has 0 amide bonds. The Hall–Kier alpha value is -1.04. The second-order valence-electron chi connectivity index (χ2n) is 6.81. The molecule has 0 atom stereocenters. The van der Waals surface area contributed by atoms with Gasteiger partial charge in [0.25, 0.3) is 0 Å². The Morgan fingerprint density at radius 1 is 0.632 bits per heavy atom. The van der Waals surface area contributed by atoms with Crippen molar-refractivity contribution in [2.24, 2.45) is 0 Å². The van der Waals surface area contributed by atoms with E-state index in [9.17, 15) is 0 Å². The summed E-state index contributed by atoms with van der Waals surface area (Å²) in [5, 5.41) is 0. The lowest BCUT2D eigenvalue weighted by Gasteiger charge is -2.13. The molecule has 0 heteroatoms. The van der Waals surface area contributed by atoms with Crippen molar-refractivity contribution in [3.63, 3.8) is 0 Å². The summed E-state index contributed by atoms with van der Waals surface area (Å²) in [5.41, 5.74) is 10.4. The van der Waals surface area contributed by atoms with E-state index in [4.69, 9.17) is 0 Å². The fourth-order valence-electron chi connectivity index (χ4n) is 4.40. The summed E-state index contributed by atoms with van der Waals surface area (Å²) in [4.78, 5) is 0. The average Bonchev–Trinajstić information content (AvgIpc) is 3.00. The lowest BCUT2D eigenvalue weighted by Crippen LogP contribution is -1.94. The van der Waals surface area contributed by atoms with E-state index in [2.05, 4.69) is 12.2 Å². The van der Waals surface area contributed by atoms with Crippen LogP contribution >= 0.6 is 0 Å². The Morgan fingerprint density at radius 3 is 1.58 bits per heavy atom. The molecule has 0 aromatic heterocycles. The molecule has 0 radical (unpaired) electrons. The van der Waals surface area contributed by atoms with Gasteiger partial charge in [-0.05, 0) is 81.8 Å². The average molecular weight is 252 g/mol. The highest BCUT2D eigenvalue weighted by Gasteiger charge is 2.22. The summed E-state index contributed by atoms with van der Waals surface area (Å²) < 4.78 is 0. The van der Waals surface area contributed by atoms with Crippen LogP contribution < -0.4 is 0 Å². The maximum Gasteiger partial charge on any atom is -0.00956 e. The van der Waals surface area contributed by atoms with Crippen molar-refractivity contribution in [3.8, 4) is 0 Å². The highest BCUT2D eigenvalue weighted by atomic mass is 14.3. The van der Waals surface area contributed by atoms with Crippen molar-refractivity contribution in [2.75, 3.05) is 0 Å². The van der Waals surface area contributed by atoms with Gasteiger partial charge in [0, 0.05) is 0 Å². The molecule has 4 aliphatic rings. The molecule has 19 heavy (non-hydrogen) atoms. The van der Waals surface area contributed by atoms with Gasteiger partial charge in [0.2, 0.25) is 0 Å². The first kappa shape index (κ1) is 11.8. The molecule has 0 N–H and O–H groups in total. The molecule has 0 fully saturated rings. The van der Waals surface area contributed by atoms with E-state index in [1.165, 1.54) is 70.6 Å². The summed E-state index contributed by atoms with van der Waals surface area (Å²) >= 11 is 0. The van der Waals surface area contributed by atoms with Gasteiger partial charge in [-0.25, -0.2) is 0 Å². The van der Waals surface area contributed by atoms with Crippen LogP contribution in [0.5, 0.6) is 0 Å². The molecule has 0 aliphatic heterocycles. The number of rotatable bonds is 2. The van der Waals surface area contributed by atoms with Crippen LogP contribution in [0, 0.1) is 0 Å². The molecule has 4 rings (SSSR count). The van der Waals surface area contributed by atoms with Crippen LogP contribution in [-0.4, -0.2) is 0 Å². The van der Waals surface area contributed by atoms with Gasteiger partial charge in [0.15, 0.2) is 0 Å². The van der Waals surface area contributed by atoms with E-state index in [-0.39, 0.29) is 0 Å². The zero-order valence-electron chi connectivity index (χ0n) is 11.9. The first-order chi connectivity index (χ1) is 9.38. The van der Waals surface area contributed by atoms with E-state index < -0.39 is 0 Å². The number of hydrogen-bond acceptors (Lipinski definition) is 0. The smallest absolute Gasteiger partial charge is 0.00956 e. The minimum atomic E-state index is 1.26. The Morgan fingerprint density at radius 2 is 1.11 bits per heavy atom. The van der Waals surface area contributed by atoms with Crippen molar-refractivity contribution < 1.29 is 0 Å². The van der Waals surface area contributed by atoms with Crippen LogP contribution in [0.15, 0.2) is 45.6 Å². The molecule has 0 aromatic carbocycles. The van der Waals surface area contributed by atoms with Gasteiger partial charge >= 0.3 is 0 Å². The Labute approximate surface area is 117 Å². The molecule has 0 unspecified atom stereocenters. The zero-order chi connectivity index (χ0) is 12.7. The maximum absolute atomic E-state index is 2.55. The quantitative estimate of drug-likeness (QED) is 0.584. The molecule has 0 saturated heterocycles. The van der Waals surface area contributed by atoms with Crippen molar-refractivity contribution in [3.05, 3.63) is 45.6 Å². The minimum absolute atomic E-state index is 1.26. The monoisotopic (exact) mass is 252 g/mol. The van der Waals surface area contributed by atoms with Crippen LogP contribution in [0.25, 0.3) is 0 Å². The predicted molar refractivity (Wildman–Crippen MR) is 81.0 cm³/mol. The van der Waals surface area contributed by atoms with Gasteiger partial charge in [-0.3, -0.25) is 0 Å². The first-order valence-corrected chi connectivity index (χ1v) is 8.19. The fourth-order valence-corrected chi connectivity index (χ4v) is 4.40. The second-order valence-corrected chi connectivity index (χ2v) is 6.81. The van der Waals surface area contributed by atoms with Gasteiger partial charge in [0.05, 0.1) is 0 Å². The van der Waals surface area contributed by atoms with Gasteiger partial charge in [-0.2, -0.15) is 0 Å². The molecule has 0 aromatic rings. The highest BCUT2D eigenvalue weighted by molar-refractivity contribution is 5.46. The van der Waals surface area contributed by atoms with Crippen molar-refractivity contribution in [2.45, 2.75) is 70.6 Å². The van der Waals surface area contributed by atoms with E-state index in [0.29, 0.717) is 0 Å². The van der Waals surface area contributed by atoms with E-state index in [0.717, 1.165) is 0 Å². The van der Waals surface area contributed by atoms with E-state index in [1.54, 1.807) is 33.4 Å². The number of hydrogen-bond donors (Lipinski definition) is 0. The second kappa shape index (κ2) is 4.81. The Kier molecular flexibility index (Phi) is 2.98. The van der Waals surface area contributed by atoms with Gasteiger partial charge in [-0.1, -0.05) is 34.4 Å². The topological polar surface area (TPSA) is 0 Å². The summed E-state index contributed by atoms with van der Waals surface area (Å²) in [6.45, 7) is 0. The van der Waals surface area contributed by atoms with Crippen molar-refractivity contribution >= 4 is 0 Å². The molecule has 0 saturated carbocycles. The maximum atomic E-state index is 2.55. The fraction of sp³-hybridized carbons (Fsp3) is 0.579. The van der Waals surface area contributed by atoms with Crippen LogP contribution in [0.2, 0.25) is 0 Å². The molecular weight excluding hydrogens is 228 g/mol. The predicted octanol–water partition coefficient (Wildman–Crippen LogP) is 5.78. The van der Waals surface area contributed by atoms with Crippen LogP contribution in [0.4, 0.5) is 0 Å². The normalized spacial score (nSPS) is 26.3. The third-order valence-corrected chi connectivity index (χ3v) is 5.35. The third kappa shape index (κ3) is 2.26. The molecule has 0 heterocycles. The molecule has 100 valence electrons. The van der Waals surface area contributed by atoms with Gasteiger partial charge in [-0.15, -0.1) is 0 Å². The summed E-state index contributed by atoms with van der Waals surface area (Å²) in [6.07, 6.45) is 20.1. The molecule has 4 aliphatic carbocycles. The van der Waals surface area contributed by atoms with Crippen LogP contribution in [0.3, 0.4) is 0 Å². The third-order valence-electron chi connectivity index (χ3n) is 5.35. The standard InChI is InChI=1S/C19H24/c1-2-6-17-11-14(10-16(17)5-1)9-15-12-18-7-3-4-8-19(18)13-15/h10,12H,1-9,11,13H2. The lowest BCUT2D eigenvalue weighted by molar-refractivity contribution is 0.677. The van der Waals surface area contributed by atoms with E-state index in [1.807, 2.05) is 0 Å². The largest absolute Gasteiger partial charge is 0.0629 e. The van der Waals surface area contributed by atoms with Crippen molar-refractivity contribution in [1.82, 2.24) is 0 Å².